The number of phenolic OH excluding ortho intramolecular Hbond substituents is 2. The third-order valence-corrected chi connectivity index (χ3v) is 2.65. The monoisotopic (exact) mass is 269 g/mol. The molecule has 2 N–H and O–H groups in total. The van der Waals surface area contributed by atoms with Crippen LogP contribution in [0.3, 0.4) is 0 Å². The lowest BCUT2D eigenvalue weighted by Crippen LogP contribution is -2.36. The van der Waals surface area contributed by atoms with E-state index in [1.807, 2.05) is 0 Å². The standard InChI is InChI=1S/C13H19NO5/c1-18-8-6-14(7-9-19-2)13(17)12-10(15)4-3-5-11(12)16/h3-5,15-16H,6-9H2,1-2H3. The number of ether oxygens (including phenoxy) is 2. The summed E-state index contributed by atoms with van der Waals surface area (Å²) in [5, 5.41) is 19.4. The molecule has 0 heterocycles. The molecule has 106 valence electrons. The van der Waals surface area contributed by atoms with Gasteiger partial charge in [0.05, 0.1) is 13.2 Å². The van der Waals surface area contributed by atoms with Gasteiger partial charge in [-0.2, -0.15) is 0 Å². The Morgan fingerprint density at radius 2 is 1.58 bits per heavy atom. The molecule has 6 heteroatoms. The average Bonchev–Trinajstić information content (AvgIpc) is 2.38. The summed E-state index contributed by atoms with van der Waals surface area (Å²) in [4.78, 5) is 13.8. The first-order valence-electron chi connectivity index (χ1n) is 5.90. The third kappa shape index (κ3) is 4.11. The summed E-state index contributed by atoms with van der Waals surface area (Å²) in [6, 6.07) is 4.19. The zero-order valence-electron chi connectivity index (χ0n) is 11.1. The minimum atomic E-state index is -0.454. The van der Waals surface area contributed by atoms with Gasteiger partial charge in [0, 0.05) is 27.3 Å². The summed E-state index contributed by atoms with van der Waals surface area (Å²) >= 11 is 0. The van der Waals surface area contributed by atoms with E-state index in [2.05, 4.69) is 0 Å². The highest BCUT2D eigenvalue weighted by atomic mass is 16.5. The quantitative estimate of drug-likeness (QED) is 0.766. The number of carbonyl (C=O) groups is 1. The van der Waals surface area contributed by atoms with Crippen LogP contribution in [0.5, 0.6) is 11.5 Å². The van der Waals surface area contributed by atoms with E-state index >= 15 is 0 Å². The summed E-state index contributed by atoms with van der Waals surface area (Å²) in [5.41, 5.74) is -0.102. The third-order valence-electron chi connectivity index (χ3n) is 2.65. The molecule has 1 aromatic rings. The average molecular weight is 269 g/mol. The van der Waals surface area contributed by atoms with Crippen LogP contribution in [-0.2, 0) is 9.47 Å². The van der Waals surface area contributed by atoms with Gasteiger partial charge in [-0.3, -0.25) is 4.79 Å². The first-order valence-corrected chi connectivity index (χ1v) is 5.90. The van der Waals surface area contributed by atoms with E-state index in [1.165, 1.54) is 37.3 Å². The maximum absolute atomic E-state index is 12.3. The van der Waals surface area contributed by atoms with Crippen molar-refractivity contribution < 1.29 is 24.5 Å². The van der Waals surface area contributed by atoms with E-state index in [0.717, 1.165) is 0 Å². The second kappa shape index (κ2) is 7.60. The Balaban J connectivity index is 2.91. The van der Waals surface area contributed by atoms with Crippen molar-refractivity contribution in [2.75, 3.05) is 40.5 Å². The van der Waals surface area contributed by atoms with Crippen molar-refractivity contribution in [2.45, 2.75) is 0 Å². The molecule has 0 spiro atoms. The molecule has 0 bridgehead atoms. The molecule has 0 aromatic heterocycles. The number of phenols is 2. The number of aromatic hydroxyl groups is 2. The lowest BCUT2D eigenvalue weighted by atomic mass is 10.1. The largest absolute Gasteiger partial charge is 0.507 e. The van der Waals surface area contributed by atoms with Gasteiger partial charge in [-0.1, -0.05) is 6.07 Å². The highest BCUT2D eigenvalue weighted by Gasteiger charge is 2.21. The molecule has 0 saturated heterocycles. The molecule has 0 aliphatic carbocycles. The fourth-order valence-corrected chi connectivity index (χ4v) is 1.62. The minimum Gasteiger partial charge on any atom is -0.507 e. The van der Waals surface area contributed by atoms with Crippen molar-refractivity contribution in [3.8, 4) is 11.5 Å². The second-order valence-electron chi connectivity index (χ2n) is 3.95. The van der Waals surface area contributed by atoms with E-state index in [1.54, 1.807) is 0 Å². The smallest absolute Gasteiger partial charge is 0.261 e. The number of methoxy groups -OCH3 is 2. The van der Waals surface area contributed by atoms with Crippen LogP contribution in [0.2, 0.25) is 0 Å². The van der Waals surface area contributed by atoms with Crippen LogP contribution in [0.1, 0.15) is 10.4 Å². The molecular formula is C13H19NO5. The number of hydrogen-bond donors (Lipinski definition) is 2. The Hall–Kier alpha value is -1.79. The minimum absolute atomic E-state index is 0.102. The van der Waals surface area contributed by atoms with Crippen molar-refractivity contribution in [1.29, 1.82) is 0 Å². The molecule has 0 aliphatic heterocycles. The van der Waals surface area contributed by atoms with Crippen LogP contribution in [-0.4, -0.2) is 61.5 Å². The second-order valence-corrected chi connectivity index (χ2v) is 3.95. The Morgan fingerprint density at radius 1 is 1.11 bits per heavy atom. The molecule has 6 nitrogen and oxygen atoms in total. The highest BCUT2D eigenvalue weighted by Crippen LogP contribution is 2.27. The molecule has 0 aliphatic rings. The summed E-state index contributed by atoms with van der Waals surface area (Å²) < 4.78 is 9.88. The van der Waals surface area contributed by atoms with Crippen LogP contribution in [0.15, 0.2) is 18.2 Å². The summed E-state index contributed by atoms with van der Waals surface area (Å²) in [6.07, 6.45) is 0. The molecule has 0 fully saturated rings. The first kappa shape index (κ1) is 15.3. The molecule has 0 unspecified atom stereocenters. The van der Waals surface area contributed by atoms with Gasteiger partial charge in [0.15, 0.2) is 0 Å². The van der Waals surface area contributed by atoms with Gasteiger partial charge in [-0.25, -0.2) is 0 Å². The Kier molecular flexibility index (Phi) is 6.11. The molecular weight excluding hydrogens is 250 g/mol. The van der Waals surface area contributed by atoms with E-state index in [9.17, 15) is 15.0 Å². The highest BCUT2D eigenvalue weighted by molar-refractivity contribution is 5.99. The SMILES string of the molecule is COCCN(CCOC)C(=O)c1c(O)cccc1O. The molecule has 19 heavy (non-hydrogen) atoms. The van der Waals surface area contributed by atoms with Crippen LogP contribution in [0.4, 0.5) is 0 Å². The van der Waals surface area contributed by atoms with Gasteiger partial charge >= 0.3 is 0 Å². The lowest BCUT2D eigenvalue weighted by Gasteiger charge is -2.22. The molecule has 0 atom stereocenters. The normalized spacial score (nSPS) is 10.4. The van der Waals surface area contributed by atoms with Crippen molar-refractivity contribution in [3.63, 3.8) is 0 Å². The predicted octanol–water partition coefficient (Wildman–Crippen LogP) is 0.833. The molecule has 1 aromatic carbocycles. The molecule has 0 saturated carbocycles. The number of benzene rings is 1. The van der Waals surface area contributed by atoms with Gasteiger partial charge < -0.3 is 24.6 Å². The van der Waals surface area contributed by atoms with Crippen LogP contribution in [0, 0.1) is 0 Å². The molecule has 1 amide bonds. The van der Waals surface area contributed by atoms with Crippen LogP contribution in [0.25, 0.3) is 0 Å². The van der Waals surface area contributed by atoms with Crippen LogP contribution < -0.4 is 0 Å². The Morgan fingerprint density at radius 3 is 2.00 bits per heavy atom. The van der Waals surface area contributed by atoms with E-state index < -0.39 is 5.91 Å². The van der Waals surface area contributed by atoms with Gasteiger partial charge in [0.25, 0.3) is 5.91 Å². The van der Waals surface area contributed by atoms with Crippen molar-refractivity contribution >= 4 is 5.91 Å². The summed E-state index contributed by atoms with van der Waals surface area (Å²) in [6.45, 7) is 1.44. The number of nitrogens with zero attached hydrogens (tertiary/aromatic N) is 1. The van der Waals surface area contributed by atoms with E-state index in [0.29, 0.717) is 26.3 Å². The zero-order valence-corrected chi connectivity index (χ0v) is 11.1. The fraction of sp³-hybridized carbons (Fsp3) is 0.462. The number of carbonyl (C=O) groups excluding carboxylic acids is 1. The van der Waals surface area contributed by atoms with Crippen molar-refractivity contribution in [1.82, 2.24) is 4.90 Å². The topological polar surface area (TPSA) is 79.2 Å². The molecule has 0 radical (unpaired) electrons. The molecule has 1 rings (SSSR count). The summed E-state index contributed by atoms with van der Waals surface area (Å²) in [5.74, 6) is -0.945. The van der Waals surface area contributed by atoms with Gasteiger partial charge in [0.1, 0.15) is 17.1 Å². The number of rotatable bonds is 7. The lowest BCUT2D eigenvalue weighted by molar-refractivity contribution is 0.0621. The van der Waals surface area contributed by atoms with Gasteiger partial charge in [-0.05, 0) is 12.1 Å². The van der Waals surface area contributed by atoms with Gasteiger partial charge in [0.2, 0.25) is 0 Å². The predicted molar refractivity (Wildman–Crippen MR) is 69.4 cm³/mol. The summed E-state index contributed by atoms with van der Waals surface area (Å²) in [7, 11) is 3.08. The number of hydrogen-bond acceptors (Lipinski definition) is 5. The fourth-order valence-electron chi connectivity index (χ4n) is 1.62. The van der Waals surface area contributed by atoms with E-state index in [4.69, 9.17) is 9.47 Å². The van der Waals surface area contributed by atoms with Crippen LogP contribution >= 0.6 is 0 Å². The van der Waals surface area contributed by atoms with Crippen molar-refractivity contribution in [3.05, 3.63) is 23.8 Å². The van der Waals surface area contributed by atoms with Gasteiger partial charge in [-0.15, -0.1) is 0 Å². The Labute approximate surface area is 112 Å². The number of amides is 1. The van der Waals surface area contributed by atoms with Crippen molar-refractivity contribution in [2.24, 2.45) is 0 Å². The van der Waals surface area contributed by atoms with E-state index in [-0.39, 0.29) is 17.1 Å². The maximum atomic E-state index is 12.3. The first-order chi connectivity index (χ1) is 9.11. The zero-order chi connectivity index (χ0) is 14.3. The maximum Gasteiger partial charge on any atom is 0.261 e. The Bertz CT molecular complexity index is 393.